The fraction of sp³-hybridized carbons (Fsp3) is 0.0909. The Hall–Kier alpha value is -0.730. The topological polar surface area (TPSA) is 15.8 Å². The van der Waals surface area contributed by atoms with Gasteiger partial charge in [-0.05, 0) is 40.0 Å². The molecule has 14 heavy (non-hydrogen) atoms. The Morgan fingerprint density at radius 1 is 1.50 bits per heavy atom. The number of hydrogen-bond acceptors (Lipinski definition) is 0. The van der Waals surface area contributed by atoms with Gasteiger partial charge in [0.1, 0.15) is 0 Å². The molecule has 0 saturated carbocycles. The van der Waals surface area contributed by atoms with E-state index in [9.17, 15) is 0 Å². The number of halogens is 2. The molecule has 0 fully saturated rings. The van der Waals surface area contributed by atoms with Gasteiger partial charge in [-0.3, -0.25) is 0 Å². The highest BCUT2D eigenvalue weighted by Crippen LogP contribution is 2.29. The second kappa shape index (κ2) is 3.79. The number of nitrogens with one attached hydrogen (secondary N) is 1. The average molecular weight is 271 g/mol. The largest absolute Gasteiger partial charge is 0.361 e. The maximum Gasteiger partial charge on any atom is 0.0555 e. The van der Waals surface area contributed by atoms with Gasteiger partial charge in [-0.1, -0.05) is 17.7 Å². The van der Waals surface area contributed by atoms with Crippen LogP contribution in [0.2, 0.25) is 5.02 Å². The number of H-pyrrole nitrogens is 1. The molecule has 0 radical (unpaired) electrons. The maximum absolute atomic E-state index is 6.03. The van der Waals surface area contributed by atoms with E-state index in [2.05, 4.69) is 27.5 Å². The summed E-state index contributed by atoms with van der Waals surface area (Å²) in [7, 11) is 0. The van der Waals surface area contributed by atoms with Crippen molar-refractivity contribution in [3.63, 3.8) is 0 Å². The van der Waals surface area contributed by atoms with Crippen molar-refractivity contribution in [2.45, 2.75) is 6.42 Å². The molecule has 0 spiro atoms. The van der Waals surface area contributed by atoms with Crippen LogP contribution in [0.3, 0.4) is 0 Å². The zero-order valence-corrected chi connectivity index (χ0v) is 9.82. The van der Waals surface area contributed by atoms with Crippen LogP contribution < -0.4 is 0 Å². The SMILES string of the molecule is C=CCc1c[nH]c2cc(Br)c(Cl)cc12. The van der Waals surface area contributed by atoms with Crippen molar-refractivity contribution < 1.29 is 0 Å². The fourth-order valence-corrected chi connectivity index (χ4v) is 2.01. The second-order valence-corrected chi connectivity index (χ2v) is 4.38. The van der Waals surface area contributed by atoms with Crippen molar-refractivity contribution in [2.24, 2.45) is 0 Å². The Morgan fingerprint density at radius 2 is 2.29 bits per heavy atom. The van der Waals surface area contributed by atoms with E-state index in [1.54, 1.807) is 0 Å². The molecule has 1 nitrogen and oxygen atoms in total. The van der Waals surface area contributed by atoms with Crippen LogP contribution in [-0.4, -0.2) is 4.98 Å². The molecule has 1 aromatic heterocycles. The summed E-state index contributed by atoms with van der Waals surface area (Å²) in [6.45, 7) is 3.73. The van der Waals surface area contributed by atoms with Gasteiger partial charge in [0, 0.05) is 21.6 Å². The van der Waals surface area contributed by atoms with Gasteiger partial charge in [0.15, 0.2) is 0 Å². The lowest BCUT2D eigenvalue weighted by atomic mass is 10.1. The van der Waals surface area contributed by atoms with Crippen molar-refractivity contribution in [3.05, 3.63) is 46.0 Å². The molecule has 1 heterocycles. The molecule has 0 atom stereocenters. The second-order valence-electron chi connectivity index (χ2n) is 3.12. The van der Waals surface area contributed by atoms with Crippen LogP contribution in [0, 0.1) is 0 Å². The first-order valence-corrected chi connectivity index (χ1v) is 5.45. The number of allylic oxidation sites excluding steroid dienone is 1. The minimum Gasteiger partial charge on any atom is -0.361 e. The van der Waals surface area contributed by atoms with Crippen LogP contribution in [0.5, 0.6) is 0 Å². The van der Waals surface area contributed by atoms with Crippen molar-refractivity contribution >= 4 is 38.4 Å². The van der Waals surface area contributed by atoms with Gasteiger partial charge in [-0.15, -0.1) is 6.58 Å². The maximum atomic E-state index is 6.03. The molecule has 1 N–H and O–H groups in total. The molecule has 2 aromatic rings. The molecule has 0 aliphatic heterocycles. The molecule has 3 heteroatoms. The number of rotatable bonds is 2. The Balaban J connectivity index is 2.67. The first kappa shape index (κ1) is 9.81. The summed E-state index contributed by atoms with van der Waals surface area (Å²) in [5.41, 5.74) is 2.32. The van der Waals surface area contributed by atoms with E-state index in [1.165, 1.54) is 5.56 Å². The molecule has 1 aromatic carbocycles. The van der Waals surface area contributed by atoms with Crippen molar-refractivity contribution in [1.82, 2.24) is 4.98 Å². The smallest absolute Gasteiger partial charge is 0.0555 e. The van der Waals surface area contributed by atoms with E-state index >= 15 is 0 Å². The molecule has 2 rings (SSSR count). The highest BCUT2D eigenvalue weighted by Gasteiger charge is 2.05. The van der Waals surface area contributed by atoms with Crippen LogP contribution in [0.25, 0.3) is 10.9 Å². The molecule has 0 amide bonds. The number of fused-ring (bicyclic) bond motifs is 1. The first-order valence-electron chi connectivity index (χ1n) is 4.28. The molecular weight excluding hydrogens is 261 g/mol. The van der Waals surface area contributed by atoms with E-state index in [1.807, 2.05) is 24.4 Å². The summed E-state index contributed by atoms with van der Waals surface area (Å²) >= 11 is 9.42. The Kier molecular flexibility index (Phi) is 2.66. The predicted molar refractivity (Wildman–Crippen MR) is 64.9 cm³/mol. The van der Waals surface area contributed by atoms with Crippen LogP contribution >= 0.6 is 27.5 Å². The third-order valence-electron chi connectivity index (χ3n) is 2.17. The highest BCUT2D eigenvalue weighted by atomic mass is 79.9. The van der Waals surface area contributed by atoms with Crippen LogP contribution in [-0.2, 0) is 6.42 Å². The number of hydrogen-bond donors (Lipinski definition) is 1. The molecule has 0 bridgehead atoms. The molecular formula is C11H9BrClN. The van der Waals surface area contributed by atoms with Gasteiger partial charge in [0.25, 0.3) is 0 Å². The van der Waals surface area contributed by atoms with Gasteiger partial charge >= 0.3 is 0 Å². The molecule has 72 valence electrons. The van der Waals surface area contributed by atoms with Crippen molar-refractivity contribution in [1.29, 1.82) is 0 Å². The van der Waals surface area contributed by atoms with Crippen LogP contribution in [0.4, 0.5) is 0 Å². The summed E-state index contributed by atoms with van der Waals surface area (Å²) in [4.78, 5) is 3.20. The molecule has 0 aliphatic carbocycles. The monoisotopic (exact) mass is 269 g/mol. The number of aromatic nitrogens is 1. The minimum absolute atomic E-state index is 0.738. The molecule has 0 aliphatic rings. The summed E-state index contributed by atoms with van der Waals surface area (Å²) in [6.07, 6.45) is 4.74. The van der Waals surface area contributed by atoms with E-state index in [-0.39, 0.29) is 0 Å². The third kappa shape index (κ3) is 1.60. The van der Waals surface area contributed by atoms with E-state index < -0.39 is 0 Å². The molecule has 0 saturated heterocycles. The highest BCUT2D eigenvalue weighted by molar-refractivity contribution is 9.10. The van der Waals surface area contributed by atoms with Gasteiger partial charge < -0.3 is 4.98 Å². The van der Waals surface area contributed by atoms with E-state index in [4.69, 9.17) is 11.6 Å². The lowest BCUT2D eigenvalue weighted by Crippen LogP contribution is -1.77. The third-order valence-corrected chi connectivity index (χ3v) is 3.37. The lowest BCUT2D eigenvalue weighted by molar-refractivity contribution is 1.29. The average Bonchev–Trinajstić information content (AvgIpc) is 2.51. The van der Waals surface area contributed by atoms with Gasteiger partial charge in [-0.2, -0.15) is 0 Å². The summed E-state index contributed by atoms with van der Waals surface area (Å²) in [5, 5.41) is 1.90. The van der Waals surface area contributed by atoms with Crippen molar-refractivity contribution in [3.8, 4) is 0 Å². The Bertz CT molecular complexity index is 487. The standard InChI is InChI=1S/C11H9BrClN/c1-2-3-7-6-14-11-5-9(12)10(13)4-8(7)11/h2,4-6,14H,1,3H2. The minimum atomic E-state index is 0.738. The fourth-order valence-electron chi connectivity index (χ4n) is 1.50. The molecule has 0 unspecified atom stereocenters. The van der Waals surface area contributed by atoms with Gasteiger partial charge in [0.05, 0.1) is 5.02 Å². The predicted octanol–water partition coefficient (Wildman–Crippen LogP) is 4.31. The first-order chi connectivity index (χ1) is 6.72. The number of aromatic amines is 1. The zero-order chi connectivity index (χ0) is 10.1. The summed E-state index contributed by atoms with van der Waals surface area (Å²) in [5.74, 6) is 0. The lowest BCUT2D eigenvalue weighted by Gasteiger charge is -1.98. The Labute approximate surface area is 95.9 Å². The van der Waals surface area contributed by atoms with E-state index in [0.29, 0.717) is 0 Å². The summed E-state index contributed by atoms with van der Waals surface area (Å²) in [6, 6.07) is 3.96. The zero-order valence-electron chi connectivity index (χ0n) is 7.48. The normalized spacial score (nSPS) is 10.7. The van der Waals surface area contributed by atoms with Crippen LogP contribution in [0.15, 0.2) is 35.5 Å². The quantitative estimate of drug-likeness (QED) is 0.783. The van der Waals surface area contributed by atoms with E-state index in [0.717, 1.165) is 26.8 Å². The van der Waals surface area contributed by atoms with Gasteiger partial charge in [0.2, 0.25) is 0 Å². The summed E-state index contributed by atoms with van der Waals surface area (Å²) < 4.78 is 0.915. The van der Waals surface area contributed by atoms with Crippen LogP contribution in [0.1, 0.15) is 5.56 Å². The number of benzene rings is 1. The van der Waals surface area contributed by atoms with Crippen molar-refractivity contribution in [2.75, 3.05) is 0 Å². The van der Waals surface area contributed by atoms with Gasteiger partial charge in [-0.25, -0.2) is 0 Å². The Morgan fingerprint density at radius 3 is 3.00 bits per heavy atom.